The van der Waals surface area contributed by atoms with E-state index in [1.165, 1.54) is 0 Å². The minimum atomic E-state index is 0.260. The molecule has 0 amide bonds. The second kappa shape index (κ2) is 6.15. The van der Waals surface area contributed by atoms with E-state index in [4.69, 9.17) is 0 Å². The van der Waals surface area contributed by atoms with Gasteiger partial charge in [0, 0.05) is 19.0 Å². The highest BCUT2D eigenvalue weighted by Crippen LogP contribution is 2.25. The fraction of sp³-hybridized carbons (Fsp3) is 0.846. The molecule has 1 rings (SSSR count). The van der Waals surface area contributed by atoms with Gasteiger partial charge in [-0.1, -0.05) is 20.8 Å². The summed E-state index contributed by atoms with van der Waals surface area (Å²) >= 11 is 0. The Bertz CT molecular complexity index is 332. The van der Waals surface area contributed by atoms with Gasteiger partial charge in [-0.25, -0.2) is 9.67 Å². The Balaban J connectivity index is 2.76. The molecule has 0 radical (unpaired) electrons. The molecule has 98 valence electrons. The Morgan fingerprint density at radius 2 is 2.12 bits per heavy atom. The van der Waals surface area contributed by atoms with Gasteiger partial charge in [-0.2, -0.15) is 5.10 Å². The van der Waals surface area contributed by atoms with E-state index in [0.717, 1.165) is 31.8 Å². The van der Waals surface area contributed by atoms with Gasteiger partial charge in [0.2, 0.25) is 0 Å². The molecule has 1 heterocycles. The highest BCUT2D eigenvalue weighted by atomic mass is 15.3. The molecule has 0 saturated heterocycles. The molecule has 0 aliphatic carbocycles. The van der Waals surface area contributed by atoms with Crippen LogP contribution in [-0.2, 0) is 6.42 Å². The van der Waals surface area contributed by atoms with Gasteiger partial charge in [0.15, 0.2) is 0 Å². The van der Waals surface area contributed by atoms with Crippen LogP contribution in [0.1, 0.15) is 52.9 Å². The maximum absolute atomic E-state index is 4.40. The highest BCUT2D eigenvalue weighted by molar-refractivity contribution is 4.94. The molecule has 1 aromatic rings. The van der Waals surface area contributed by atoms with E-state index in [1.807, 2.05) is 4.68 Å². The van der Waals surface area contributed by atoms with Crippen LogP contribution in [0.25, 0.3) is 0 Å². The number of aromatic nitrogens is 3. The topological polar surface area (TPSA) is 42.7 Å². The lowest BCUT2D eigenvalue weighted by atomic mass is 9.83. The Kier molecular flexibility index (Phi) is 5.12. The van der Waals surface area contributed by atoms with E-state index in [-0.39, 0.29) is 5.41 Å². The summed E-state index contributed by atoms with van der Waals surface area (Å²) in [6.45, 7) is 13.0. The number of hydrogen-bond acceptors (Lipinski definition) is 3. The van der Waals surface area contributed by atoms with E-state index >= 15 is 0 Å². The fourth-order valence-corrected chi connectivity index (χ4v) is 1.95. The lowest BCUT2D eigenvalue weighted by Gasteiger charge is -2.28. The molecule has 17 heavy (non-hydrogen) atoms. The van der Waals surface area contributed by atoms with Crippen LogP contribution in [0, 0.1) is 5.41 Å². The first-order chi connectivity index (χ1) is 8.02. The van der Waals surface area contributed by atoms with Gasteiger partial charge < -0.3 is 5.32 Å². The normalized spacial score (nSPS) is 15.2. The van der Waals surface area contributed by atoms with Gasteiger partial charge in [0.05, 0.1) is 0 Å². The van der Waals surface area contributed by atoms with E-state index < -0.39 is 0 Å². The Morgan fingerprint density at radius 3 is 2.65 bits per heavy atom. The van der Waals surface area contributed by atoms with Crippen LogP contribution in [0.4, 0.5) is 0 Å². The maximum atomic E-state index is 4.40. The molecular weight excluding hydrogens is 212 g/mol. The summed E-state index contributed by atoms with van der Waals surface area (Å²) in [5.74, 6) is 1.10. The molecule has 1 aromatic heterocycles. The fourth-order valence-electron chi connectivity index (χ4n) is 1.95. The summed E-state index contributed by atoms with van der Waals surface area (Å²) in [5, 5.41) is 7.74. The second-order valence-electron chi connectivity index (χ2n) is 5.34. The lowest BCUT2D eigenvalue weighted by molar-refractivity contribution is 0.279. The van der Waals surface area contributed by atoms with Crippen molar-refractivity contribution in [1.29, 1.82) is 0 Å². The zero-order valence-corrected chi connectivity index (χ0v) is 11.8. The molecular formula is C13H26N4. The number of rotatable bonds is 7. The monoisotopic (exact) mass is 238 g/mol. The Labute approximate surface area is 105 Å². The number of nitrogens with zero attached hydrogens (tertiary/aromatic N) is 3. The molecule has 0 saturated carbocycles. The number of nitrogens with one attached hydrogen (secondary N) is 1. The molecule has 1 atom stereocenters. The molecule has 1 unspecified atom stereocenters. The number of hydrogen-bond donors (Lipinski definition) is 1. The smallest absolute Gasteiger partial charge is 0.138 e. The molecule has 4 heteroatoms. The Morgan fingerprint density at radius 1 is 1.41 bits per heavy atom. The highest BCUT2D eigenvalue weighted by Gasteiger charge is 2.25. The van der Waals surface area contributed by atoms with Crippen molar-refractivity contribution in [1.82, 2.24) is 20.1 Å². The predicted molar refractivity (Wildman–Crippen MR) is 71.1 cm³/mol. The molecule has 4 nitrogen and oxygen atoms in total. The molecule has 0 bridgehead atoms. The van der Waals surface area contributed by atoms with Crippen LogP contribution in [-0.4, -0.2) is 27.9 Å². The average molecular weight is 238 g/mol. The van der Waals surface area contributed by atoms with Crippen molar-refractivity contribution < 1.29 is 0 Å². The van der Waals surface area contributed by atoms with Gasteiger partial charge in [-0.05, 0) is 32.2 Å². The molecule has 0 spiro atoms. The van der Waals surface area contributed by atoms with Crippen LogP contribution < -0.4 is 5.32 Å². The van der Waals surface area contributed by atoms with Gasteiger partial charge >= 0.3 is 0 Å². The zero-order valence-electron chi connectivity index (χ0n) is 11.8. The van der Waals surface area contributed by atoms with Gasteiger partial charge in [0.25, 0.3) is 0 Å². The summed E-state index contributed by atoms with van der Waals surface area (Å²) in [6.07, 6.45) is 3.79. The summed E-state index contributed by atoms with van der Waals surface area (Å²) in [6, 6.07) is 0.382. The minimum Gasteiger partial charge on any atom is -0.316 e. The van der Waals surface area contributed by atoms with Crippen LogP contribution >= 0.6 is 0 Å². The van der Waals surface area contributed by atoms with Crippen LogP contribution in [0.5, 0.6) is 0 Å². The third-order valence-electron chi connectivity index (χ3n) is 3.38. The van der Waals surface area contributed by atoms with Crippen molar-refractivity contribution in [2.24, 2.45) is 5.41 Å². The maximum Gasteiger partial charge on any atom is 0.138 e. The van der Waals surface area contributed by atoms with E-state index in [0.29, 0.717) is 6.04 Å². The van der Waals surface area contributed by atoms with Crippen molar-refractivity contribution >= 4 is 0 Å². The summed E-state index contributed by atoms with van der Waals surface area (Å²) in [7, 11) is 0. The summed E-state index contributed by atoms with van der Waals surface area (Å²) < 4.78 is 2.03. The van der Waals surface area contributed by atoms with Crippen LogP contribution in [0.2, 0.25) is 0 Å². The van der Waals surface area contributed by atoms with Gasteiger partial charge in [-0.15, -0.1) is 0 Å². The van der Waals surface area contributed by atoms with E-state index in [2.05, 4.69) is 50.0 Å². The standard InChI is InChI=1S/C13H26N4/c1-6-13(5,9-14-7-2)8-12-15-10-16-17(12)11(3)4/h10-11,14H,6-9H2,1-5H3. The summed E-state index contributed by atoms with van der Waals surface area (Å²) in [4.78, 5) is 4.40. The summed E-state index contributed by atoms with van der Waals surface area (Å²) in [5.41, 5.74) is 0.260. The van der Waals surface area contributed by atoms with Crippen molar-refractivity contribution in [2.45, 2.75) is 53.5 Å². The van der Waals surface area contributed by atoms with Crippen molar-refractivity contribution in [3.63, 3.8) is 0 Å². The zero-order chi connectivity index (χ0) is 12.9. The van der Waals surface area contributed by atoms with Gasteiger partial charge in [-0.3, -0.25) is 0 Å². The lowest BCUT2D eigenvalue weighted by Crippen LogP contribution is -2.34. The van der Waals surface area contributed by atoms with Crippen molar-refractivity contribution in [2.75, 3.05) is 13.1 Å². The molecule has 0 aromatic carbocycles. The van der Waals surface area contributed by atoms with Crippen molar-refractivity contribution in [3.8, 4) is 0 Å². The second-order valence-corrected chi connectivity index (χ2v) is 5.34. The predicted octanol–water partition coefficient (Wildman–Crippen LogP) is 2.43. The molecule has 0 fully saturated rings. The molecule has 0 aliphatic heterocycles. The molecule has 1 N–H and O–H groups in total. The largest absolute Gasteiger partial charge is 0.316 e. The van der Waals surface area contributed by atoms with Crippen LogP contribution in [0.3, 0.4) is 0 Å². The van der Waals surface area contributed by atoms with Crippen LogP contribution in [0.15, 0.2) is 6.33 Å². The quantitative estimate of drug-likeness (QED) is 0.793. The Hall–Kier alpha value is -0.900. The first-order valence-electron chi connectivity index (χ1n) is 6.61. The SMILES string of the molecule is CCNCC(C)(CC)Cc1ncnn1C(C)C. The van der Waals surface area contributed by atoms with E-state index in [1.54, 1.807) is 6.33 Å². The average Bonchev–Trinajstić information content (AvgIpc) is 2.74. The van der Waals surface area contributed by atoms with Crippen molar-refractivity contribution in [3.05, 3.63) is 12.2 Å². The van der Waals surface area contributed by atoms with E-state index in [9.17, 15) is 0 Å². The third-order valence-corrected chi connectivity index (χ3v) is 3.38. The minimum absolute atomic E-state index is 0.260. The molecule has 0 aliphatic rings. The first kappa shape index (κ1) is 14.2. The third kappa shape index (κ3) is 3.80. The first-order valence-corrected chi connectivity index (χ1v) is 6.61. The van der Waals surface area contributed by atoms with Gasteiger partial charge in [0.1, 0.15) is 12.2 Å².